The van der Waals surface area contributed by atoms with Gasteiger partial charge in [-0.05, 0) is 17.4 Å². The Morgan fingerprint density at radius 3 is 2.20 bits per heavy atom. The summed E-state index contributed by atoms with van der Waals surface area (Å²) >= 11 is -1.85. The lowest BCUT2D eigenvalue weighted by Gasteiger charge is -1.93. The van der Waals surface area contributed by atoms with E-state index in [2.05, 4.69) is 9.24 Å². The molecule has 0 spiro atoms. The molecule has 10 heavy (non-hydrogen) atoms. The number of hydrogen-bond acceptors (Lipinski definition) is 1. The molecule has 2 atom stereocenters. The van der Waals surface area contributed by atoms with Crippen molar-refractivity contribution in [2.75, 3.05) is 0 Å². The molecule has 0 amide bonds. The standard InChI is InChI=1S/C6H7O2PS/c7-10(8)6-3-1-5(9)2-4-6/h1-4H,9H2,(H,7,8). The van der Waals surface area contributed by atoms with Crippen LogP contribution in [0.4, 0.5) is 0 Å². The molecule has 0 fully saturated rings. The van der Waals surface area contributed by atoms with Gasteiger partial charge in [-0.1, -0.05) is 12.1 Å². The van der Waals surface area contributed by atoms with Crippen LogP contribution in [0, 0.1) is 0 Å². The Hall–Kier alpha value is -0.240. The zero-order valence-electron chi connectivity index (χ0n) is 5.15. The third-order valence-corrected chi connectivity index (χ3v) is 2.14. The largest absolute Gasteiger partial charge is 0.302 e. The molecule has 0 aliphatic heterocycles. The van der Waals surface area contributed by atoms with E-state index in [1.54, 1.807) is 24.3 Å². The fourth-order valence-electron chi connectivity index (χ4n) is 0.584. The number of hydrogen-bond donors (Lipinski definition) is 1. The summed E-state index contributed by atoms with van der Waals surface area (Å²) < 4.78 is 19.0. The van der Waals surface area contributed by atoms with Crippen molar-refractivity contribution in [1.82, 2.24) is 0 Å². The molecule has 1 aromatic carbocycles. The van der Waals surface area contributed by atoms with Crippen LogP contribution in [0.25, 0.3) is 0 Å². The van der Waals surface area contributed by atoms with E-state index in [0.29, 0.717) is 4.90 Å². The van der Waals surface area contributed by atoms with E-state index in [4.69, 9.17) is 4.55 Å². The predicted molar refractivity (Wildman–Crippen MR) is 44.8 cm³/mol. The Morgan fingerprint density at radius 2 is 1.80 bits per heavy atom. The summed E-state index contributed by atoms with van der Waals surface area (Å²) in [7, 11) is 2.50. The molecule has 1 aromatic rings. The van der Waals surface area contributed by atoms with Crippen LogP contribution in [0.1, 0.15) is 0 Å². The van der Waals surface area contributed by atoms with E-state index in [0.717, 1.165) is 5.30 Å². The van der Waals surface area contributed by atoms with Crippen LogP contribution < -0.4 is 5.30 Å². The first-order chi connectivity index (χ1) is 4.70. The highest BCUT2D eigenvalue weighted by atomic mass is 32.2. The van der Waals surface area contributed by atoms with Crippen molar-refractivity contribution < 1.29 is 8.76 Å². The lowest BCUT2D eigenvalue weighted by molar-refractivity contribution is 0.564. The normalized spacial score (nSPS) is 13.0. The van der Waals surface area contributed by atoms with Crippen molar-refractivity contribution in [3.8, 4) is 0 Å². The summed E-state index contributed by atoms with van der Waals surface area (Å²) in [5, 5.41) is 1.01. The van der Waals surface area contributed by atoms with Crippen LogP contribution in [0.3, 0.4) is 0 Å². The highest BCUT2D eigenvalue weighted by Gasteiger charge is 1.95. The van der Waals surface area contributed by atoms with E-state index in [9.17, 15) is 4.21 Å². The zero-order chi connectivity index (χ0) is 7.56. The minimum Gasteiger partial charge on any atom is -0.302 e. The first kappa shape index (κ1) is 7.86. The molecule has 1 N–H and O–H groups in total. The maximum Gasteiger partial charge on any atom is 0.186 e. The van der Waals surface area contributed by atoms with Crippen LogP contribution in [-0.4, -0.2) is 8.76 Å². The SMILES string of the molecule is O=S(O)c1ccc(P)cc1. The predicted octanol–water partition coefficient (Wildman–Crippen LogP) is 0.768. The molecule has 0 radical (unpaired) electrons. The second kappa shape index (κ2) is 3.24. The molecule has 0 aliphatic rings. The molecule has 0 bridgehead atoms. The van der Waals surface area contributed by atoms with E-state index in [1.165, 1.54) is 0 Å². The molecule has 2 nitrogen and oxygen atoms in total. The van der Waals surface area contributed by atoms with Crippen LogP contribution >= 0.6 is 9.24 Å². The van der Waals surface area contributed by atoms with Crippen molar-refractivity contribution in [3.05, 3.63) is 24.3 Å². The Bertz CT molecular complexity index is 244. The maximum atomic E-state index is 10.4. The summed E-state index contributed by atoms with van der Waals surface area (Å²) in [6.07, 6.45) is 0. The zero-order valence-corrected chi connectivity index (χ0v) is 7.12. The van der Waals surface area contributed by atoms with Gasteiger partial charge < -0.3 is 4.55 Å². The second-order valence-electron chi connectivity index (χ2n) is 1.82. The fourth-order valence-corrected chi connectivity index (χ4v) is 1.15. The average molecular weight is 174 g/mol. The summed E-state index contributed by atoms with van der Waals surface area (Å²) in [4.78, 5) is 0.436. The van der Waals surface area contributed by atoms with Gasteiger partial charge in [-0.2, -0.15) is 0 Å². The van der Waals surface area contributed by atoms with Gasteiger partial charge in [0.05, 0.1) is 4.90 Å². The summed E-state index contributed by atoms with van der Waals surface area (Å²) in [6.45, 7) is 0. The quantitative estimate of drug-likeness (QED) is 0.504. The van der Waals surface area contributed by atoms with Gasteiger partial charge in [0, 0.05) is 0 Å². The summed E-state index contributed by atoms with van der Waals surface area (Å²) in [6, 6.07) is 6.79. The summed E-state index contributed by atoms with van der Waals surface area (Å²) in [5.41, 5.74) is 0. The van der Waals surface area contributed by atoms with Gasteiger partial charge in [-0.15, -0.1) is 9.24 Å². The molecule has 0 saturated carbocycles. The minimum atomic E-state index is -1.85. The highest BCUT2D eigenvalue weighted by Crippen LogP contribution is 2.02. The van der Waals surface area contributed by atoms with Crippen molar-refractivity contribution in [2.45, 2.75) is 4.90 Å². The van der Waals surface area contributed by atoms with Crippen molar-refractivity contribution in [3.63, 3.8) is 0 Å². The van der Waals surface area contributed by atoms with Crippen LogP contribution in [0.15, 0.2) is 29.2 Å². The van der Waals surface area contributed by atoms with Gasteiger partial charge >= 0.3 is 0 Å². The van der Waals surface area contributed by atoms with Gasteiger partial charge in [0.2, 0.25) is 0 Å². The first-order valence-corrected chi connectivity index (χ1v) is 4.35. The Morgan fingerprint density at radius 1 is 1.30 bits per heavy atom. The first-order valence-electron chi connectivity index (χ1n) is 2.66. The van der Waals surface area contributed by atoms with Gasteiger partial charge in [0.25, 0.3) is 0 Å². The van der Waals surface area contributed by atoms with Crippen molar-refractivity contribution in [2.24, 2.45) is 0 Å². The Balaban J connectivity index is 3.00. The molecule has 0 aliphatic carbocycles. The molecular weight excluding hydrogens is 167 g/mol. The van der Waals surface area contributed by atoms with E-state index in [1.807, 2.05) is 0 Å². The third kappa shape index (κ3) is 1.87. The number of rotatable bonds is 1. The third-order valence-electron chi connectivity index (χ3n) is 1.08. The molecule has 0 heterocycles. The lowest BCUT2D eigenvalue weighted by Crippen LogP contribution is -1.92. The van der Waals surface area contributed by atoms with Crippen LogP contribution in [0.5, 0.6) is 0 Å². The molecule has 0 aromatic heterocycles. The van der Waals surface area contributed by atoms with Crippen LogP contribution in [0.2, 0.25) is 0 Å². The smallest absolute Gasteiger partial charge is 0.186 e. The molecule has 4 heteroatoms. The van der Waals surface area contributed by atoms with Gasteiger partial charge in [-0.25, -0.2) is 4.21 Å². The summed E-state index contributed by atoms with van der Waals surface area (Å²) in [5.74, 6) is 0. The molecule has 1 rings (SSSR count). The molecular formula is C6H7O2PS. The minimum absolute atomic E-state index is 0.436. The average Bonchev–Trinajstić information content (AvgIpc) is 1.88. The monoisotopic (exact) mass is 174 g/mol. The lowest BCUT2D eigenvalue weighted by atomic mass is 10.4. The van der Waals surface area contributed by atoms with Crippen molar-refractivity contribution >= 4 is 25.6 Å². The van der Waals surface area contributed by atoms with Gasteiger partial charge in [0.1, 0.15) is 0 Å². The topological polar surface area (TPSA) is 37.3 Å². The Labute approximate surface area is 64.1 Å². The molecule has 2 unspecified atom stereocenters. The van der Waals surface area contributed by atoms with Gasteiger partial charge in [0.15, 0.2) is 11.1 Å². The van der Waals surface area contributed by atoms with E-state index in [-0.39, 0.29) is 0 Å². The fraction of sp³-hybridized carbons (Fsp3) is 0. The number of benzene rings is 1. The second-order valence-corrected chi connectivity index (χ2v) is 3.45. The highest BCUT2D eigenvalue weighted by molar-refractivity contribution is 7.79. The Kier molecular flexibility index (Phi) is 2.55. The van der Waals surface area contributed by atoms with Crippen LogP contribution in [-0.2, 0) is 11.1 Å². The van der Waals surface area contributed by atoms with E-state index >= 15 is 0 Å². The maximum absolute atomic E-state index is 10.4. The van der Waals surface area contributed by atoms with E-state index < -0.39 is 11.1 Å². The molecule has 54 valence electrons. The van der Waals surface area contributed by atoms with Crippen molar-refractivity contribution in [1.29, 1.82) is 0 Å². The van der Waals surface area contributed by atoms with Gasteiger partial charge in [-0.3, -0.25) is 0 Å². The molecule has 0 saturated heterocycles.